The van der Waals surface area contributed by atoms with Gasteiger partial charge in [0, 0.05) is 34.2 Å². The molecule has 0 aliphatic rings. The zero-order valence-corrected chi connectivity index (χ0v) is 21.3. The summed E-state index contributed by atoms with van der Waals surface area (Å²) in [7, 11) is 0. The average Bonchev–Trinajstić information content (AvgIpc) is 3.35. The summed E-state index contributed by atoms with van der Waals surface area (Å²) in [6.07, 6.45) is 3.70. The van der Waals surface area contributed by atoms with E-state index in [1.807, 2.05) is 12.4 Å². The fourth-order valence-electron chi connectivity index (χ4n) is 5.95. The maximum atomic E-state index is 4.18. The predicted molar refractivity (Wildman–Crippen MR) is 164 cm³/mol. The standard InChI is InChI=1S/C37H24N2/c1-2-8-32(9-3-1)39-36-24-30(29-11-10-25-6-4-5-7-27(25)22-29)13-16-34(36)35-17-14-31-23-28(12-15-33(31)37(35)39)26-18-20-38-21-19-26/h1-24H. The fourth-order valence-corrected chi connectivity index (χ4v) is 5.95. The first-order chi connectivity index (χ1) is 19.3. The molecule has 182 valence electrons. The molecule has 0 bridgehead atoms. The van der Waals surface area contributed by atoms with Crippen LogP contribution in [-0.2, 0) is 0 Å². The topological polar surface area (TPSA) is 17.8 Å². The first-order valence-electron chi connectivity index (χ1n) is 13.3. The van der Waals surface area contributed by atoms with Crippen molar-refractivity contribution in [3.63, 3.8) is 0 Å². The quantitative estimate of drug-likeness (QED) is 0.238. The van der Waals surface area contributed by atoms with Crippen LogP contribution in [0.3, 0.4) is 0 Å². The summed E-state index contributed by atoms with van der Waals surface area (Å²) in [6, 6.07) is 48.4. The van der Waals surface area contributed by atoms with Crippen LogP contribution in [0.1, 0.15) is 0 Å². The van der Waals surface area contributed by atoms with Crippen LogP contribution in [0.4, 0.5) is 0 Å². The maximum absolute atomic E-state index is 4.18. The molecule has 0 atom stereocenters. The molecule has 2 aromatic heterocycles. The third-order valence-electron chi connectivity index (χ3n) is 7.85. The Morgan fingerprint density at radius 2 is 1.03 bits per heavy atom. The Morgan fingerprint density at radius 1 is 0.410 bits per heavy atom. The van der Waals surface area contributed by atoms with E-state index in [1.54, 1.807) is 0 Å². The molecule has 39 heavy (non-hydrogen) atoms. The van der Waals surface area contributed by atoms with Crippen LogP contribution in [0.15, 0.2) is 146 Å². The highest BCUT2D eigenvalue weighted by molar-refractivity contribution is 6.19. The van der Waals surface area contributed by atoms with Crippen molar-refractivity contribution >= 4 is 43.4 Å². The molecule has 0 aliphatic carbocycles. The molecular formula is C37H24N2. The highest BCUT2D eigenvalue weighted by Gasteiger charge is 2.16. The lowest BCUT2D eigenvalue weighted by Crippen LogP contribution is -1.94. The highest BCUT2D eigenvalue weighted by atomic mass is 15.0. The lowest BCUT2D eigenvalue weighted by atomic mass is 9.99. The van der Waals surface area contributed by atoms with Crippen LogP contribution in [0.25, 0.3) is 71.3 Å². The molecule has 8 aromatic rings. The summed E-state index contributed by atoms with van der Waals surface area (Å²) in [5.41, 5.74) is 8.45. The van der Waals surface area contributed by atoms with Crippen molar-refractivity contribution in [3.8, 4) is 27.9 Å². The number of aromatic nitrogens is 2. The van der Waals surface area contributed by atoms with Gasteiger partial charge in [0.15, 0.2) is 0 Å². The number of pyridine rings is 1. The van der Waals surface area contributed by atoms with E-state index >= 15 is 0 Å². The Kier molecular flexibility index (Phi) is 4.86. The molecular weight excluding hydrogens is 472 g/mol. The maximum Gasteiger partial charge on any atom is 0.0619 e. The van der Waals surface area contributed by atoms with Crippen LogP contribution < -0.4 is 0 Å². The molecule has 8 rings (SSSR count). The highest BCUT2D eigenvalue weighted by Crippen LogP contribution is 2.39. The van der Waals surface area contributed by atoms with E-state index in [2.05, 4.69) is 143 Å². The molecule has 0 aliphatic heterocycles. The van der Waals surface area contributed by atoms with Gasteiger partial charge in [-0.15, -0.1) is 0 Å². The summed E-state index contributed by atoms with van der Waals surface area (Å²) in [6.45, 7) is 0. The molecule has 0 amide bonds. The van der Waals surface area contributed by atoms with Crippen molar-refractivity contribution in [1.82, 2.24) is 9.55 Å². The lowest BCUT2D eigenvalue weighted by Gasteiger charge is -2.11. The van der Waals surface area contributed by atoms with Gasteiger partial charge in [-0.1, -0.05) is 91.0 Å². The SMILES string of the molecule is c1ccc(-n2c3cc(-c4ccc5ccccc5c4)ccc3c3ccc4cc(-c5ccncc5)ccc4c32)cc1. The van der Waals surface area contributed by atoms with Crippen LogP contribution >= 0.6 is 0 Å². The molecule has 0 fully saturated rings. The number of fused-ring (bicyclic) bond motifs is 6. The molecule has 0 N–H and O–H groups in total. The van der Waals surface area contributed by atoms with Gasteiger partial charge in [-0.05, 0) is 80.9 Å². The number of benzene rings is 6. The largest absolute Gasteiger partial charge is 0.309 e. The number of nitrogens with zero attached hydrogens (tertiary/aromatic N) is 2. The number of rotatable bonds is 3. The molecule has 2 nitrogen and oxygen atoms in total. The minimum Gasteiger partial charge on any atom is -0.309 e. The van der Waals surface area contributed by atoms with E-state index in [0.29, 0.717) is 0 Å². The van der Waals surface area contributed by atoms with Gasteiger partial charge in [0.1, 0.15) is 0 Å². The van der Waals surface area contributed by atoms with Crippen molar-refractivity contribution in [2.45, 2.75) is 0 Å². The third-order valence-corrected chi connectivity index (χ3v) is 7.85. The van der Waals surface area contributed by atoms with Crippen LogP contribution in [0, 0.1) is 0 Å². The minimum atomic E-state index is 1.17. The van der Waals surface area contributed by atoms with Gasteiger partial charge in [-0.2, -0.15) is 0 Å². The average molecular weight is 497 g/mol. The second-order valence-corrected chi connectivity index (χ2v) is 10.1. The van der Waals surface area contributed by atoms with E-state index in [1.165, 1.54) is 71.3 Å². The van der Waals surface area contributed by atoms with Crippen molar-refractivity contribution < 1.29 is 0 Å². The normalized spacial score (nSPS) is 11.6. The van der Waals surface area contributed by atoms with Crippen LogP contribution in [-0.4, -0.2) is 9.55 Å². The summed E-state index contributed by atoms with van der Waals surface area (Å²) < 4.78 is 2.43. The predicted octanol–water partition coefficient (Wildman–Crippen LogP) is 9.82. The Labute approximate surface area is 226 Å². The molecule has 2 heteroatoms. The summed E-state index contributed by atoms with van der Waals surface area (Å²) in [5, 5.41) is 7.53. The van der Waals surface area contributed by atoms with Gasteiger partial charge in [0.25, 0.3) is 0 Å². The van der Waals surface area contributed by atoms with Gasteiger partial charge >= 0.3 is 0 Å². The minimum absolute atomic E-state index is 1.17. The Morgan fingerprint density at radius 3 is 1.87 bits per heavy atom. The summed E-state index contributed by atoms with van der Waals surface area (Å²) in [5.74, 6) is 0. The van der Waals surface area contributed by atoms with E-state index in [4.69, 9.17) is 0 Å². The third kappa shape index (κ3) is 3.53. The molecule has 0 radical (unpaired) electrons. The van der Waals surface area contributed by atoms with Crippen LogP contribution in [0.2, 0.25) is 0 Å². The Hall–Kier alpha value is -5.21. The van der Waals surface area contributed by atoms with E-state index in [-0.39, 0.29) is 0 Å². The van der Waals surface area contributed by atoms with Crippen molar-refractivity contribution in [1.29, 1.82) is 0 Å². The van der Waals surface area contributed by atoms with Crippen LogP contribution in [0.5, 0.6) is 0 Å². The van der Waals surface area contributed by atoms with Crippen molar-refractivity contribution in [3.05, 3.63) is 146 Å². The zero-order valence-electron chi connectivity index (χ0n) is 21.3. The molecule has 0 saturated heterocycles. The smallest absolute Gasteiger partial charge is 0.0619 e. The molecule has 0 unspecified atom stereocenters. The summed E-state index contributed by atoms with van der Waals surface area (Å²) >= 11 is 0. The van der Waals surface area contributed by atoms with Gasteiger partial charge in [0.05, 0.1) is 11.0 Å². The Bertz CT molecular complexity index is 2160. The fraction of sp³-hybridized carbons (Fsp3) is 0. The number of hydrogen-bond donors (Lipinski definition) is 0. The second kappa shape index (κ2) is 8.68. The zero-order chi connectivity index (χ0) is 25.8. The summed E-state index contributed by atoms with van der Waals surface area (Å²) in [4.78, 5) is 4.18. The Balaban J connectivity index is 1.41. The van der Waals surface area contributed by atoms with Crippen molar-refractivity contribution in [2.75, 3.05) is 0 Å². The second-order valence-electron chi connectivity index (χ2n) is 10.1. The lowest BCUT2D eigenvalue weighted by molar-refractivity contribution is 1.19. The first-order valence-corrected chi connectivity index (χ1v) is 13.3. The van der Waals surface area contributed by atoms with Gasteiger partial charge in [0.2, 0.25) is 0 Å². The molecule has 0 saturated carbocycles. The first kappa shape index (κ1) is 21.8. The van der Waals surface area contributed by atoms with E-state index in [0.717, 1.165) is 0 Å². The van der Waals surface area contributed by atoms with Gasteiger partial charge < -0.3 is 4.57 Å². The number of hydrogen-bond acceptors (Lipinski definition) is 1. The van der Waals surface area contributed by atoms with E-state index in [9.17, 15) is 0 Å². The molecule has 0 spiro atoms. The number of para-hydroxylation sites is 1. The van der Waals surface area contributed by atoms with E-state index < -0.39 is 0 Å². The van der Waals surface area contributed by atoms with Gasteiger partial charge in [-0.25, -0.2) is 0 Å². The van der Waals surface area contributed by atoms with Crippen molar-refractivity contribution in [2.24, 2.45) is 0 Å². The monoisotopic (exact) mass is 496 g/mol. The van der Waals surface area contributed by atoms with Gasteiger partial charge in [-0.3, -0.25) is 4.98 Å². The molecule has 6 aromatic carbocycles. The molecule has 2 heterocycles.